The maximum absolute atomic E-state index is 13.0. The van der Waals surface area contributed by atoms with Crippen LogP contribution in [-0.2, 0) is 4.79 Å². The zero-order valence-corrected chi connectivity index (χ0v) is 13.5. The highest BCUT2D eigenvalue weighted by Crippen LogP contribution is 2.33. The number of non-ortho nitro benzene ring substituents is 1. The number of para-hydroxylation sites is 2. The van der Waals surface area contributed by atoms with Crippen LogP contribution < -0.4 is 10.2 Å². The van der Waals surface area contributed by atoms with E-state index in [1.165, 1.54) is 6.92 Å². The molecule has 1 N–H and O–H groups in total. The molecule has 26 heavy (non-hydrogen) atoms. The number of hydrogen-bond acceptors (Lipinski definition) is 6. The highest BCUT2D eigenvalue weighted by atomic mass is 16.6. The van der Waals surface area contributed by atoms with Crippen LogP contribution in [-0.4, -0.2) is 28.2 Å². The number of fused-ring (bicyclic) bond motifs is 1. The summed E-state index contributed by atoms with van der Waals surface area (Å²) in [5.41, 5.74) is -0.484. The van der Waals surface area contributed by atoms with Crippen LogP contribution in [0.4, 0.5) is 22.7 Å². The maximum Gasteiger partial charge on any atom is 0.279 e. The zero-order valence-electron chi connectivity index (χ0n) is 13.5. The fourth-order valence-corrected chi connectivity index (χ4v) is 2.76. The molecule has 0 bridgehead atoms. The lowest BCUT2D eigenvalue weighted by Gasteiger charge is -2.29. The number of hydrogen-bond donors (Lipinski definition) is 1. The van der Waals surface area contributed by atoms with Crippen molar-refractivity contribution in [2.24, 2.45) is 0 Å². The number of nitro groups is 2. The number of nitrogens with one attached hydrogen (secondary N) is 1. The molecule has 0 fully saturated rings. The van der Waals surface area contributed by atoms with Gasteiger partial charge in [0, 0.05) is 11.6 Å². The van der Waals surface area contributed by atoms with E-state index >= 15 is 0 Å². The monoisotopic (exact) mass is 356 g/mol. The average Bonchev–Trinajstić information content (AvgIpc) is 2.60. The third kappa shape index (κ3) is 2.83. The Labute approximate surface area is 146 Å². The molecule has 0 saturated heterocycles. The van der Waals surface area contributed by atoms with Gasteiger partial charge in [0.05, 0.1) is 32.9 Å². The molecule has 0 aromatic heterocycles. The molecule has 2 amide bonds. The quantitative estimate of drug-likeness (QED) is 0.662. The minimum atomic E-state index is -0.805. The molecular formula is C16H12N4O6. The number of anilines is 2. The molecule has 10 nitrogen and oxygen atoms in total. The van der Waals surface area contributed by atoms with Crippen molar-refractivity contribution in [1.82, 2.24) is 0 Å². The Morgan fingerprint density at radius 3 is 2.50 bits per heavy atom. The normalized spacial score (nSPS) is 13.0. The van der Waals surface area contributed by atoms with Crippen molar-refractivity contribution in [3.8, 4) is 0 Å². The SMILES string of the molecule is Cc1c(C(=O)N2CC(=O)Nc3ccccc32)cc([N+](=O)[O-])cc1[N+](=O)[O-]. The van der Waals surface area contributed by atoms with Crippen molar-refractivity contribution in [2.45, 2.75) is 6.92 Å². The molecule has 2 aromatic carbocycles. The molecule has 1 aliphatic rings. The minimum absolute atomic E-state index is 0.00550. The molecule has 132 valence electrons. The number of carbonyl (C=O) groups excluding carboxylic acids is 2. The van der Waals surface area contributed by atoms with Crippen molar-refractivity contribution in [3.63, 3.8) is 0 Å². The Hall–Kier alpha value is -3.82. The van der Waals surface area contributed by atoms with E-state index in [1.807, 2.05) is 0 Å². The summed E-state index contributed by atoms with van der Waals surface area (Å²) in [6.45, 7) is 1.04. The van der Waals surface area contributed by atoms with Gasteiger partial charge >= 0.3 is 0 Å². The van der Waals surface area contributed by atoms with E-state index in [0.717, 1.165) is 17.0 Å². The maximum atomic E-state index is 13.0. The van der Waals surface area contributed by atoms with Gasteiger partial charge in [0.15, 0.2) is 0 Å². The van der Waals surface area contributed by atoms with Gasteiger partial charge in [0.2, 0.25) is 5.91 Å². The zero-order chi connectivity index (χ0) is 19.0. The van der Waals surface area contributed by atoms with E-state index in [0.29, 0.717) is 11.4 Å². The van der Waals surface area contributed by atoms with Crippen LogP contribution in [0.2, 0.25) is 0 Å². The van der Waals surface area contributed by atoms with Crippen molar-refractivity contribution in [3.05, 3.63) is 67.8 Å². The molecule has 10 heteroatoms. The third-order valence-electron chi connectivity index (χ3n) is 4.02. The smallest absolute Gasteiger partial charge is 0.279 e. The lowest BCUT2D eigenvalue weighted by molar-refractivity contribution is -0.394. The molecule has 0 saturated carbocycles. The Morgan fingerprint density at radius 1 is 1.15 bits per heavy atom. The fourth-order valence-electron chi connectivity index (χ4n) is 2.76. The first kappa shape index (κ1) is 17.0. The molecule has 3 rings (SSSR count). The molecule has 0 radical (unpaired) electrons. The summed E-state index contributed by atoms with van der Waals surface area (Å²) >= 11 is 0. The second-order valence-electron chi connectivity index (χ2n) is 5.61. The Balaban J connectivity index is 2.15. The van der Waals surface area contributed by atoms with Crippen molar-refractivity contribution >= 4 is 34.6 Å². The molecule has 1 aliphatic heterocycles. The second-order valence-corrected chi connectivity index (χ2v) is 5.61. The molecule has 1 heterocycles. The van der Waals surface area contributed by atoms with Crippen LogP contribution in [0.3, 0.4) is 0 Å². The molecule has 0 aliphatic carbocycles. The van der Waals surface area contributed by atoms with E-state index in [2.05, 4.69) is 5.32 Å². The lowest BCUT2D eigenvalue weighted by Crippen LogP contribution is -2.42. The van der Waals surface area contributed by atoms with Crippen LogP contribution in [0.25, 0.3) is 0 Å². The summed E-state index contributed by atoms with van der Waals surface area (Å²) in [5.74, 6) is -1.16. The van der Waals surface area contributed by atoms with E-state index in [4.69, 9.17) is 0 Å². The van der Waals surface area contributed by atoms with Gasteiger partial charge in [0.25, 0.3) is 17.3 Å². The van der Waals surface area contributed by atoms with Gasteiger partial charge in [-0.25, -0.2) is 0 Å². The average molecular weight is 356 g/mol. The first-order valence-corrected chi connectivity index (χ1v) is 7.43. The number of nitro benzene ring substituents is 2. The van der Waals surface area contributed by atoms with Crippen LogP contribution in [0, 0.1) is 27.2 Å². The Morgan fingerprint density at radius 2 is 1.85 bits per heavy atom. The summed E-state index contributed by atoms with van der Waals surface area (Å²) in [6, 6.07) is 8.35. The van der Waals surface area contributed by atoms with Crippen molar-refractivity contribution in [2.75, 3.05) is 16.8 Å². The number of amides is 2. The highest BCUT2D eigenvalue weighted by molar-refractivity contribution is 6.16. The van der Waals surface area contributed by atoms with Gasteiger partial charge in [0.1, 0.15) is 6.54 Å². The van der Waals surface area contributed by atoms with Crippen molar-refractivity contribution < 1.29 is 19.4 Å². The topological polar surface area (TPSA) is 136 Å². The molecule has 0 unspecified atom stereocenters. The summed E-state index contributed by atoms with van der Waals surface area (Å²) < 4.78 is 0. The van der Waals surface area contributed by atoms with Gasteiger partial charge in [-0.2, -0.15) is 0 Å². The predicted molar refractivity (Wildman–Crippen MR) is 91.2 cm³/mol. The number of nitrogens with zero attached hydrogens (tertiary/aromatic N) is 3. The van der Waals surface area contributed by atoms with E-state index in [9.17, 15) is 29.8 Å². The Bertz CT molecular complexity index is 971. The van der Waals surface area contributed by atoms with Gasteiger partial charge in [-0.05, 0) is 19.1 Å². The van der Waals surface area contributed by atoms with Gasteiger partial charge in [-0.1, -0.05) is 12.1 Å². The van der Waals surface area contributed by atoms with E-state index < -0.39 is 33.0 Å². The molecule has 0 spiro atoms. The molecule has 0 atom stereocenters. The summed E-state index contributed by atoms with van der Waals surface area (Å²) in [5, 5.41) is 24.9. The summed E-state index contributed by atoms with van der Waals surface area (Å²) in [6.07, 6.45) is 0. The summed E-state index contributed by atoms with van der Waals surface area (Å²) in [7, 11) is 0. The Kier molecular flexibility index (Phi) is 4.08. The molecule has 2 aromatic rings. The first-order chi connectivity index (χ1) is 12.3. The number of rotatable bonds is 3. The molecular weight excluding hydrogens is 344 g/mol. The lowest BCUT2D eigenvalue weighted by atomic mass is 10.0. The summed E-state index contributed by atoms with van der Waals surface area (Å²) in [4.78, 5) is 46.7. The third-order valence-corrected chi connectivity index (χ3v) is 4.02. The van der Waals surface area contributed by atoms with E-state index in [-0.39, 0.29) is 17.7 Å². The standard InChI is InChI=1S/C16H12N4O6/c1-9-11(6-10(19(23)24)7-14(9)20(25)26)16(22)18-8-15(21)17-12-4-2-3-5-13(12)18/h2-7H,8H2,1H3,(H,17,21). The predicted octanol–water partition coefficient (Wildman–Crippen LogP) is 2.41. The number of benzene rings is 2. The van der Waals surface area contributed by atoms with E-state index in [1.54, 1.807) is 24.3 Å². The van der Waals surface area contributed by atoms with Crippen LogP contribution >= 0.6 is 0 Å². The second kappa shape index (κ2) is 6.24. The van der Waals surface area contributed by atoms with Crippen molar-refractivity contribution in [1.29, 1.82) is 0 Å². The highest BCUT2D eigenvalue weighted by Gasteiger charge is 2.31. The largest absolute Gasteiger partial charge is 0.323 e. The fraction of sp³-hybridized carbons (Fsp3) is 0.125. The van der Waals surface area contributed by atoms with Gasteiger partial charge in [-0.15, -0.1) is 0 Å². The minimum Gasteiger partial charge on any atom is -0.323 e. The van der Waals surface area contributed by atoms with Crippen LogP contribution in [0.15, 0.2) is 36.4 Å². The van der Waals surface area contributed by atoms with Gasteiger partial charge < -0.3 is 5.32 Å². The van der Waals surface area contributed by atoms with Crippen LogP contribution in [0.1, 0.15) is 15.9 Å². The van der Waals surface area contributed by atoms with Crippen LogP contribution in [0.5, 0.6) is 0 Å². The first-order valence-electron chi connectivity index (χ1n) is 7.43. The van der Waals surface area contributed by atoms with Gasteiger partial charge in [-0.3, -0.25) is 34.7 Å². The number of carbonyl (C=O) groups is 2.